The highest BCUT2D eigenvalue weighted by molar-refractivity contribution is 6.60. The zero-order valence-electron chi connectivity index (χ0n) is 13.9. The lowest BCUT2D eigenvalue weighted by molar-refractivity contribution is -0.125. The lowest BCUT2D eigenvalue weighted by Crippen LogP contribution is -2.57. The fourth-order valence-corrected chi connectivity index (χ4v) is 2.81. The van der Waals surface area contributed by atoms with Gasteiger partial charge >= 0.3 is 6.03 Å². The van der Waals surface area contributed by atoms with Gasteiger partial charge in [0.15, 0.2) is 17.3 Å². The van der Waals surface area contributed by atoms with Gasteiger partial charge in [-0.2, -0.15) is 5.10 Å². The minimum Gasteiger partial charge on any atom is -0.348 e. The number of hydrogen-bond acceptors (Lipinski definition) is 6. The Labute approximate surface area is 152 Å². The molecule has 1 aromatic rings. The van der Waals surface area contributed by atoms with Crippen molar-refractivity contribution in [2.24, 2.45) is 11.0 Å². The summed E-state index contributed by atoms with van der Waals surface area (Å²) in [5.41, 5.74) is 0.223. The summed E-state index contributed by atoms with van der Waals surface area (Å²) < 4.78 is 26.8. The van der Waals surface area contributed by atoms with Crippen LogP contribution in [0.25, 0.3) is 0 Å². The van der Waals surface area contributed by atoms with E-state index in [1.165, 1.54) is 12.1 Å². The standard InChI is InChI=1S/C16H16F2N6O3/c17-9-2-1-3-10(12(9)18)23-24-11(6-19)13(25)20-7-16(8-4-5-8)14(26)21-15(27)22-16/h1-3,6,8,19,23H,4-5,7H2,(H,20,25)(H2,21,22,26,27)/b19-6?,24-11+/t16-/m0/s1. The van der Waals surface area contributed by atoms with Crippen molar-refractivity contribution < 1.29 is 23.2 Å². The maximum Gasteiger partial charge on any atom is 0.322 e. The van der Waals surface area contributed by atoms with E-state index in [9.17, 15) is 23.2 Å². The Kier molecular flexibility index (Phi) is 4.84. The highest BCUT2D eigenvalue weighted by atomic mass is 19.2. The van der Waals surface area contributed by atoms with Crippen molar-refractivity contribution in [3.8, 4) is 0 Å². The lowest BCUT2D eigenvalue weighted by atomic mass is 9.93. The highest BCUT2D eigenvalue weighted by Crippen LogP contribution is 2.40. The van der Waals surface area contributed by atoms with Crippen LogP contribution in [0.4, 0.5) is 19.3 Å². The lowest BCUT2D eigenvalue weighted by Gasteiger charge is -2.26. The summed E-state index contributed by atoms with van der Waals surface area (Å²) in [6.45, 7) is -0.185. The van der Waals surface area contributed by atoms with Gasteiger partial charge in [-0.15, -0.1) is 0 Å². The Bertz CT molecular complexity index is 855. The first-order chi connectivity index (χ1) is 12.9. The van der Waals surface area contributed by atoms with Crippen molar-refractivity contribution in [3.63, 3.8) is 0 Å². The Morgan fingerprint density at radius 2 is 2.11 bits per heavy atom. The average molecular weight is 378 g/mol. The smallest absolute Gasteiger partial charge is 0.322 e. The second-order valence-electron chi connectivity index (χ2n) is 6.19. The number of carbonyl (C=O) groups excluding carboxylic acids is 3. The minimum atomic E-state index is -1.23. The third-order valence-electron chi connectivity index (χ3n) is 4.39. The summed E-state index contributed by atoms with van der Waals surface area (Å²) in [6, 6.07) is 2.75. The topological polar surface area (TPSA) is 136 Å². The van der Waals surface area contributed by atoms with Crippen molar-refractivity contribution in [3.05, 3.63) is 29.8 Å². The molecule has 2 fully saturated rings. The van der Waals surface area contributed by atoms with E-state index in [2.05, 4.69) is 26.5 Å². The van der Waals surface area contributed by atoms with Gasteiger partial charge in [0.2, 0.25) is 0 Å². The van der Waals surface area contributed by atoms with E-state index >= 15 is 0 Å². The number of imide groups is 1. The predicted octanol–water partition coefficient (Wildman–Crippen LogP) is 0.487. The molecule has 1 saturated heterocycles. The Morgan fingerprint density at radius 1 is 1.37 bits per heavy atom. The summed E-state index contributed by atoms with van der Waals surface area (Å²) in [5.74, 6) is -3.70. The van der Waals surface area contributed by atoms with E-state index in [1.807, 2.05) is 0 Å². The van der Waals surface area contributed by atoms with Crippen LogP contribution < -0.4 is 21.4 Å². The third kappa shape index (κ3) is 3.61. The first-order valence-electron chi connectivity index (χ1n) is 8.07. The molecule has 1 atom stereocenters. The van der Waals surface area contributed by atoms with E-state index in [-0.39, 0.29) is 18.2 Å². The van der Waals surface area contributed by atoms with Crippen LogP contribution in [0.1, 0.15) is 12.8 Å². The maximum atomic E-state index is 13.6. The molecule has 142 valence electrons. The Hall–Kier alpha value is -3.37. The van der Waals surface area contributed by atoms with Gasteiger partial charge < -0.3 is 16.0 Å². The van der Waals surface area contributed by atoms with Crippen molar-refractivity contribution >= 4 is 35.5 Å². The Morgan fingerprint density at radius 3 is 2.70 bits per heavy atom. The van der Waals surface area contributed by atoms with Crippen LogP contribution in [-0.4, -0.2) is 41.9 Å². The van der Waals surface area contributed by atoms with Crippen LogP contribution >= 0.6 is 0 Å². The number of urea groups is 1. The third-order valence-corrected chi connectivity index (χ3v) is 4.39. The quantitative estimate of drug-likeness (QED) is 0.268. The molecule has 5 N–H and O–H groups in total. The molecule has 1 aliphatic carbocycles. The van der Waals surface area contributed by atoms with Crippen molar-refractivity contribution in [1.82, 2.24) is 16.0 Å². The molecule has 1 heterocycles. The second kappa shape index (κ2) is 7.09. The van der Waals surface area contributed by atoms with Crippen LogP contribution in [0.5, 0.6) is 0 Å². The molecule has 1 aliphatic heterocycles. The fraction of sp³-hybridized carbons (Fsp3) is 0.312. The second-order valence-corrected chi connectivity index (χ2v) is 6.19. The largest absolute Gasteiger partial charge is 0.348 e. The number of benzene rings is 1. The van der Waals surface area contributed by atoms with Gasteiger partial charge in [-0.05, 0) is 30.9 Å². The fourth-order valence-electron chi connectivity index (χ4n) is 2.81. The number of rotatable bonds is 7. The van der Waals surface area contributed by atoms with Crippen LogP contribution in [0.2, 0.25) is 0 Å². The van der Waals surface area contributed by atoms with Crippen LogP contribution in [-0.2, 0) is 9.59 Å². The molecule has 0 spiro atoms. The number of amides is 4. The molecule has 3 rings (SSSR count). The van der Waals surface area contributed by atoms with Crippen LogP contribution in [0.3, 0.4) is 0 Å². The Balaban J connectivity index is 1.68. The SMILES string of the molecule is N=C/C(=N\Nc1cccc(F)c1F)C(=O)NC[C@@]1(C2CC2)NC(=O)NC1=O. The number of halogens is 2. The molecule has 11 heteroatoms. The normalized spacial score (nSPS) is 22.1. The van der Waals surface area contributed by atoms with Crippen LogP contribution in [0.15, 0.2) is 23.3 Å². The molecule has 0 aromatic heterocycles. The molecule has 27 heavy (non-hydrogen) atoms. The van der Waals surface area contributed by atoms with Crippen molar-refractivity contribution in [1.29, 1.82) is 5.41 Å². The van der Waals surface area contributed by atoms with Crippen LogP contribution in [0, 0.1) is 23.0 Å². The summed E-state index contributed by atoms with van der Waals surface area (Å²) in [5, 5.41) is 18.0. The zero-order valence-corrected chi connectivity index (χ0v) is 13.9. The highest BCUT2D eigenvalue weighted by Gasteiger charge is 2.56. The van der Waals surface area contributed by atoms with Gasteiger partial charge in [0.1, 0.15) is 5.54 Å². The number of nitrogens with one attached hydrogen (secondary N) is 5. The molecular formula is C16H16F2N6O3. The molecule has 0 bridgehead atoms. The van der Waals surface area contributed by atoms with Gasteiger partial charge in [0, 0.05) is 0 Å². The molecule has 2 aliphatic rings. The summed E-state index contributed by atoms with van der Waals surface area (Å²) in [7, 11) is 0. The van der Waals surface area contributed by atoms with Gasteiger partial charge in [-0.1, -0.05) is 6.07 Å². The molecule has 9 nitrogen and oxygen atoms in total. The van der Waals surface area contributed by atoms with E-state index in [0.717, 1.165) is 18.9 Å². The summed E-state index contributed by atoms with van der Waals surface area (Å²) in [4.78, 5) is 35.8. The number of hydrogen-bond donors (Lipinski definition) is 5. The molecular weight excluding hydrogens is 362 g/mol. The van der Waals surface area contributed by atoms with Gasteiger partial charge in [0.05, 0.1) is 18.4 Å². The van der Waals surface area contributed by atoms with Gasteiger partial charge in [-0.3, -0.25) is 20.3 Å². The summed E-state index contributed by atoms with van der Waals surface area (Å²) in [6.07, 6.45) is 2.08. The molecule has 0 unspecified atom stereocenters. The predicted molar refractivity (Wildman–Crippen MR) is 91.3 cm³/mol. The first kappa shape index (κ1) is 18.4. The molecule has 1 saturated carbocycles. The van der Waals surface area contributed by atoms with Crippen molar-refractivity contribution in [2.45, 2.75) is 18.4 Å². The zero-order chi connectivity index (χ0) is 19.6. The monoisotopic (exact) mass is 378 g/mol. The molecule has 0 radical (unpaired) electrons. The minimum absolute atomic E-state index is 0.0934. The maximum absolute atomic E-state index is 13.6. The van der Waals surface area contributed by atoms with E-state index < -0.39 is 40.7 Å². The molecule has 4 amide bonds. The average Bonchev–Trinajstić information content (AvgIpc) is 3.43. The number of carbonyl (C=O) groups is 3. The van der Waals surface area contributed by atoms with Gasteiger partial charge in [-0.25, -0.2) is 13.6 Å². The van der Waals surface area contributed by atoms with Crippen molar-refractivity contribution in [2.75, 3.05) is 12.0 Å². The molecule has 1 aromatic carbocycles. The van der Waals surface area contributed by atoms with E-state index in [0.29, 0.717) is 6.21 Å². The summed E-state index contributed by atoms with van der Waals surface area (Å²) >= 11 is 0. The number of nitrogens with zero attached hydrogens (tertiary/aromatic N) is 1. The van der Waals surface area contributed by atoms with E-state index in [4.69, 9.17) is 5.41 Å². The number of anilines is 1. The first-order valence-corrected chi connectivity index (χ1v) is 8.07. The van der Waals surface area contributed by atoms with Gasteiger partial charge in [0.25, 0.3) is 11.8 Å². The van der Waals surface area contributed by atoms with E-state index in [1.54, 1.807) is 0 Å². The number of hydrazone groups is 1.